The quantitative estimate of drug-likeness (QED) is 0.499. The molecule has 9 heavy (non-hydrogen) atoms. The molecule has 2 bridgehead atoms. The molecule has 2 saturated heterocycles. The van der Waals surface area contributed by atoms with Crippen molar-refractivity contribution < 1.29 is 0 Å². The van der Waals surface area contributed by atoms with E-state index in [1.807, 2.05) is 0 Å². The summed E-state index contributed by atoms with van der Waals surface area (Å²) in [5, 5.41) is 0. The zero-order chi connectivity index (χ0) is 6.27. The lowest BCUT2D eigenvalue weighted by Crippen LogP contribution is -2.26. The Morgan fingerprint density at radius 1 is 1.44 bits per heavy atom. The summed E-state index contributed by atoms with van der Waals surface area (Å²) in [6.07, 6.45) is 1.48. The van der Waals surface area contributed by atoms with Crippen molar-refractivity contribution in [3.05, 3.63) is 0 Å². The molecule has 0 amide bonds. The van der Waals surface area contributed by atoms with Crippen molar-refractivity contribution in [3.63, 3.8) is 0 Å². The van der Waals surface area contributed by atoms with Crippen molar-refractivity contribution in [1.29, 1.82) is 0 Å². The van der Waals surface area contributed by atoms with E-state index in [-0.39, 0.29) is 0 Å². The summed E-state index contributed by atoms with van der Waals surface area (Å²) in [7, 11) is 2.26. The van der Waals surface area contributed by atoms with Gasteiger partial charge in [0.15, 0.2) is 0 Å². The second-order valence-electron chi connectivity index (χ2n) is 3.23. The zero-order valence-corrected chi connectivity index (χ0v) is 6.66. The number of rotatable bonds is 0. The van der Waals surface area contributed by atoms with E-state index in [1.165, 1.54) is 24.5 Å². The SMILES string of the molecule is CN1CC2CSCC1C2. The molecule has 2 aliphatic rings. The third-order valence-corrected chi connectivity index (χ3v) is 3.77. The fraction of sp³-hybridized carbons (Fsp3) is 1.00. The minimum atomic E-state index is 0.925. The highest BCUT2D eigenvalue weighted by Crippen LogP contribution is 2.32. The van der Waals surface area contributed by atoms with Crippen molar-refractivity contribution in [2.24, 2.45) is 5.92 Å². The summed E-state index contributed by atoms with van der Waals surface area (Å²) < 4.78 is 0. The van der Waals surface area contributed by atoms with E-state index in [0.717, 1.165) is 12.0 Å². The highest BCUT2D eigenvalue weighted by Gasteiger charge is 2.32. The Labute approximate surface area is 60.8 Å². The molecule has 1 nitrogen and oxygen atoms in total. The topological polar surface area (TPSA) is 3.24 Å². The lowest BCUT2D eigenvalue weighted by Gasteiger charge is -2.19. The minimum absolute atomic E-state index is 0.925. The predicted octanol–water partition coefficient (Wildman–Crippen LogP) is 1.05. The molecule has 0 aromatic carbocycles. The van der Waals surface area contributed by atoms with E-state index in [9.17, 15) is 0 Å². The molecule has 0 aromatic heterocycles. The Hall–Kier alpha value is 0.310. The van der Waals surface area contributed by atoms with Gasteiger partial charge in [-0.05, 0) is 25.1 Å². The normalized spacial score (nSPS) is 43.7. The maximum absolute atomic E-state index is 2.52. The number of hydrogen-bond acceptors (Lipinski definition) is 2. The van der Waals surface area contributed by atoms with Gasteiger partial charge in [-0.3, -0.25) is 0 Å². The van der Waals surface area contributed by atoms with Gasteiger partial charge in [0.2, 0.25) is 0 Å². The second-order valence-corrected chi connectivity index (χ2v) is 4.31. The van der Waals surface area contributed by atoms with Gasteiger partial charge in [-0.2, -0.15) is 11.8 Å². The molecule has 0 aliphatic carbocycles. The number of nitrogens with zero attached hydrogens (tertiary/aromatic N) is 1. The van der Waals surface area contributed by atoms with Crippen LogP contribution in [0.5, 0.6) is 0 Å². The van der Waals surface area contributed by atoms with Crippen LogP contribution in [0.25, 0.3) is 0 Å². The van der Waals surface area contributed by atoms with E-state index >= 15 is 0 Å². The summed E-state index contributed by atoms with van der Waals surface area (Å²) in [5.74, 6) is 3.83. The van der Waals surface area contributed by atoms with Crippen molar-refractivity contribution in [2.45, 2.75) is 12.5 Å². The Morgan fingerprint density at radius 3 is 3.00 bits per heavy atom. The fourth-order valence-electron chi connectivity index (χ4n) is 1.88. The molecule has 52 valence electrons. The van der Waals surface area contributed by atoms with Gasteiger partial charge in [-0.25, -0.2) is 0 Å². The van der Waals surface area contributed by atoms with Gasteiger partial charge in [0.1, 0.15) is 0 Å². The van der Waals surface area contributed by atoms with Gasteiger partial charge >= 0.3 is 0 Å². The summed E-state index contributed by atoms with van der Waals surface area (Å²) >= 11 is 2.14. The number of likely N-dealkylation sites (tertiary alicyclic amines) is 1. The predicted molar refractivity (Wildman–Crippen MR) is 41.9 cm³/mol. The Morgan fingerprint density at radius 2 is 2.33 bits per heavy atom. The van der Waals surface area contributed by atoms with E-state index < -0.39 is 0 Å². The average molecular weight is 143 g/mol. The summed E-state index contributed by atoms with van der Waals surface area (Å²) in [5.41, 5.74) is 0. The molecule has 0 saturated carbocycles. The first-order valence-corrected chi connectivity index (χ1v) is 4.79. The van der Waals surface area contributed by atoms with Crippen molar-refractivity contribution in [2.75, 3.05) is 25.1 Å². The highest BCUT2D eigenvalue weighted by atomic mass is 32.2. The molecule has 0 radical (unpaired) electrons. The molecule has 0 N–H and O–H groups in total. The molecule has 2 heteroatoms. The summed E-state index contributed by atoms with van der Waals surface area (Å²) in [4.78, 5) is 2.52. The van der Waals surface area contributed by atoms with Gasteiger partial charge in [-0.15, -0.1) is 0 Å². The van der Waals surface area contributed by atoms with E-state index in [0.29, 0.717) is 0 Å². The largest absolute Gasteiger partial charge is 0.302 e. The Kier molecular flexibility index (Phi) is 1.46. The van der Waals surface area contributed by atoms with Crippen LogP contribution in [0, 0.1) is 5.92 Å². The van der Waals surface area contributed by atoms with Crippen LogP contribution in [-0.4, -0.2) is 36.0 Å². The van der Waals surface area contributed by atoms with Crippen LogP contribution in [0.4, 0.5) is 0 Å². The van der Waals surface area contributed by atoms with Crippen LogP contribution >= 0.6 is 11.8 Å². The van der Waals surface area contributed by atoms with Gasteiger partial charge in [0.05, 0.1) is 0 Å². The smallest absolute Gasteiger partial charge is 0.0186 e. The zero-order valence-electron chi connectivity index (χ0n) is 5.84. The van der Waals surface area contributed by atoms with Crippen LogP contribution in [0.1, 0.15) is 6.42 Å². The van der Waals surface area contributed by atoms with Gasteiger partial charge < -0.3 is 4.90 Å². The number of hydrogen-bond donors (Lipinski definition) is 0. The van der Waals surface area contributed by atoms with Crippen molar-refractivity contribution >= 4 is 11.8 Å². The Balaban J connectivity index is 2.07. The van der Waals surface area contributed by atoms with E-state index in [1.54, 1.807) is 0 Å². The molecular weight excluding hydrogens is 130 g/mol. The van der Waals surface area contributed by atoms with Crippen molar-refractivity contribution in [3.8, 4) is 0 Å². The van der Waals surface area contributed by atoms with Gasteiger partial charge in [0.25, 0.3) is 0 Å². The fourth-order valence-corrected chi connectivity index (χ4v) is 3.26. The molecule has 2 atom stereocenters. The van der Waals surface area contributed by atoms with Crippen LogP contribution < -0.4 is 0 Å². The number of thioether (sulfide) groups is 1. The van der Waals surface area contributed by atoms with Gasteiger partial charge in [0, 0.05) is 18.3 Å². The maximum Gasteiger partial charge on any atom is 0.0186 e. The third kappa shape index (κ3) is 0.987. The molecule has 0 aromatic rings. The first kappa shape index (κ1) is 6.05. The van der Waals surface area contributed by atoms with E-state index in [4.69, 9.17) is 0 Å². The molecular formula is C7H13NS. The van der Waals surface area contributed by atoms with Crippen molar-refractivity contribution in [1.82, 2.24) is 4.90 Å². The lowest BCUT2D eigenvalue weighted by molar-refractivity contribution is 0.334. The molecule has 2 aliphatic heterocycles. The first-order valence-electron chi connectivity index (χ1n) is 3.64. The van der Waals surface area contributed by atoms with Crippen LogP contribution in [0.15, 0.2) is 0 Å². The standard InChI is InChI=1S/C7H13NS/c1-8-3-6-2-7(8)5-9-4-6/h6-7H,2-5H2,1H3. The minimum Gasteiger partial charge on any atom is -0.302 e. The molecule has 2 unspecified atom stereocenters. The average Bonchev–Trinajstić information content (AvgIpc) is 2.09. The third-order valence-electron chi connectivity index (χ3n) is 2.44. The maximum atomic E-state index is 2.52. The highest BCUT2D eigenvalue weighted by molar-refractivity contribution is 7.99. The lowest BCUT2D eigenvalue weighted by atomic mass is 10.1. The molecule has 2 rings (SSSR count). The summed E-state index contributed by atoms with van der Waals surface area (Å²) in [6, 6.07) is 0.925. The Bertz CT molecular complexity index is 113. The number of fused-ring (bicyclic) bond motifs is 2. The molecule has 0 spiro atoms. The first-order chi connectivity index (χ1) is 4.36. The van der Waals surface area contributed by atoms with Crippen LogP contribution in [-0.2, 0) is 0 Å². The van der Waals surface area contributed by atoms with E-state index in [2.05, 4.69) is 23.7 Å². The summed E-state index contributed by atoms with van der Waals surface area (Å²) in [6.45, 7) is 1.36. The van der Waals surface area contributed by atoms with Gasteiger partial charge in [-0.1, -0.05) is 0 Å². The molecule has 2 heterocycles. The second kappa shape index (κ2) is 2.17. The molecule has 2 fully saturated rings. The monoisotopic (exact) mass is 143 g/mol. The van der Waals surface area contributed by atoms with Crippen LogP contribution in [0.2, 0.25) is 0 Å². The van der Waals surface area contributed by atoms with Crippen LogP contribution in [0.3, 0.4) is 0 Å².